The summed E-state index contributed by atoms with van der Waals surface area (Å²) in [6.45, 7) is 5.08. The molecular weight excluding hydrogens is 274 g/mol. The lowest BCUT2D eigenvalue weighted by Gasteiger charge is -2.40. The van der Waals surface area contributed by atoms with Crippen molar-refractivity contribution < 1.29 is 9.53 Å². The first-order valence-electron chi connectivity index (χ1n) is 8.05. The SMILES string of the molecule is CCOC1CC(CC(=O)NC2(CCl)CCC(C)CC2)C1. The fourth-order valence-electron chi connectivity index (χ4n) is 3.43. The molecule has 0 radical (unpaired) electrons. The van der Waals surface area contributed by atoms with Crippen LogP contribution in [0.3, 0.4) is 0 Å². The second-order valence-electron chi connectivity index (χ2n) is 6.76. The molecule has 0 bridgehead atoms. The lowest BCUT2D eigenvalue weighted by Crippen LogP contribution is -2.52. The van der Waals surface area contributed by atoms with Crippen LogP contribution in [0.5, 0.6) is 0 Å². The maximum absolute atomic E-state index is 12.2. The van der Waals surface area contributed by atoms with Gasteiger partial charge in [-0.05, 0) is 57.3 Å². The van der Waals surface area contributed by atoms with E-state index in [9.17, 15) is 4.79 Å². The van der Waals surface area contributed by atoms with Crippen LogP contribution < -0.4 is 5.32 Å². The van der Waals surface area contributed by atoms with Crippen molar-refractivity contribution in [3.8, 4) is 0 Å². The quantitative estimate of drug-likeness (QED) is 0.763. The largest absolute Gasteiger partial charge is 0.378 e. The van der Waals surface area contributed by atoms with Crippen LogP contribution in [0.15, 0.2) is 0 Å². The number of hydrogen-bond donors (Lipinski definition) is 1. The highest BCUT2D eigenvalue weighted by atomic mass is 35.5. The molecule has 4 heteroatoms. The highest BCUT2D eigenvalue weighted by Crippen LogP contribution is 2.35. The van der Waals surface area contributed by atoms with E-state index >= 15 is 0 Å². The fourth-order valence-corrected chi connectivity index (χ4v) is 3.76. The smallest absolute Gasteiger partial charge is 0.220 e. The van der Waals surface area contributed by atoms with E-state index in [1.807, 2.05) is 6.92 Å². The number of alkyl halides is 1. The Morgan fingerprint density at radius 3 is 2.55 bits per heavy atom. The third-order valence-corrected chi connectivity index (χ3v) is 5.47. The summed E-state index contributed by atoms with van der Waals surface area (Å²) < 4.78 is 5.54. The van der Waals surface area contributed by atoms with Gasteiger partial charge in [0.15, 0.2) is 0 Å². The Kier molecular flexibility index (Phi) is 5.74. The number of rotatable bonds is 6. The molecule has 0 spiro atoms. The maximum atomic E-state index is 12.2. The van der Waals surface area contributed by atoms with E-state index in [0.29, 0.717) is 24.3 Å². The first kappa shape index (κ1) is 16.1. The Hall–Kier alpha value is -0.280. The number of carbonyl (C=O) groups excluding carboxylic acids is 1. The minimum absolute atomic E-state index is 0.145. The number of hydrogen-bond acceptors (Lipinski definition) is 2. The van der Waals surface area contributed by atoms with Crippen molar-refractivity contribution in [1.29, 1.82) is 0 Å². The van der Waals surface area contributed by atoms with E-state index in [0.717, 1.165) is 38.2 Å². The average Bonchev–Trinajstić information content (AvgIpc) is 2.39. The van der Waals surface area contributed by atoms with Gasteiger partial charge >= 0.3 is 0 Å². The molecule has 2 aliphatic carbocycles. The van der Waals surface area contributed by atoms with Gasteiger partial charge in [-0.1, -0.05) is 6.92 Å². The summed E-state index contributed by atoms with van der Waals surface area (Å²) in [6.07, 6.45) is 7.47. The first-order chi connectivity index (χ1) is 9.57. The maximum Gasteiger partial charge on any atom is 0.220 e. The van der Waals surface area contributed by atoms with Gasteiger partial charge in [0.2, 0.25) is 5.91 Å². The normalized spacial score (nSPS) is 37.2. The van der Waals surface area contributed by atoms with Crippen molar-refractivity contribution in [2.45, 2.75) is 70.4 Å². The number of amides is 1. The van der Waals surface area contributed by atoms with E-state index in [1.165, 1.54) is 12.8 Å². The van der Waals surface area contributed by atoms with Gasteiger partial charge in [-0.15, -0.1) is 11.6 Å². The Morgan fingerprint density at radius 1 is 1.35 bits per heavy atom. The van der Waals surface area contributed by atoms with Gasteiger partial charge in [0.05, 0.1) is 11.6 Å². The lowest BCUT2D eigenvalue weighted by molar-refractivity contribution is -0.126. The molecule has 2 saturated carbocycles. The van der Waals surface area contributed by atoms with Crippen molar-refractivity contribution >= 4 is 17.5 Å². The highest BCUT2D eigenvalue weighted by Gasteiger charge is 2.37. The van der Waals surface area contributed by atoms with E-state index in [2.05, 4.69) is 12.2 Å². The van der Waals surface area contributed by atoms with Gasteiger partial charge in [-0.25, -0.2) is 0 Å². The molecule has 0 aliphatic heterocycles. The molecule has 2 aliphatic rings. The summed E-state index contributed by atoms with van der Waals surface area (Å²) in [5.74, 6) is 1.99. The third kappa shape index (κ3) is 4.11. The molecule has 0 aromatic heterocycles. The summed E-state index contributed by atoms with van der Waals surface area (Å²) in [5, 5.41) is 3.24. The van der Waals surface area contributed by atoms with Crippen LogP contribution in [0.4, 0.5) is 0 Å². The number of halogens is 1. The molecule has 116 valence electrons. The molecule has 2 fully saturated rings. The summed E-state index contributed by atoms with van der Waals surface area (Å²) in [4.78, 5) is 12.2. The van der Waals surface area contributed by atoms with Gasteiger partial charge in [0, 0.05) is 18.9 Å². The molecule has 20 heavy (non-hydrogen) atoms. The zero-order valence-corrected chi connectivity index (χ0v) is 13.5. The minimum Gasteiger partial charge on any atom is -0.378 e. The molecule has 1 N–H and O–H groups in total. The summed E-state index contributed by atoms with van der Waals surface area (Å²) in [6, 6.07) is 0. The van der Waals surface area contributed by atoms with Gasteiger partial charge in [0.1, 0.15) is 0 Å². The molecule has 0 heterocycles. The van der Waals surface area contributed by atoms with Crippen LogP contribution in [-0.4, -0.2) is 30.0 Å². The lowest BCUT2D eigenvalue weighted by atomic mass is 9.77. The second kappa shape index (κ2) is 7.13. The van der Waals surface area contributed by atoms with Gasteiger partial charge in [0.25, 0.3) is 0 Å². The topological polar surface area (TPSA) is 38.3 Å². The highest BCUT2D eigenvalue weighted by molar-refractivity contribution is 6.18. The average molecular weight is 302 g/mol. The number of nitrogens with one attached hydrogen (secondary N) is 1. The van der Waals surface area contributed by atoms with Crippen molar-refractivity contribution in [1.82, 2.24) is 5.32 Å². The predicted octanol–water partition coefficient (Wildman–Crippen LogP) is 3.50. The van der Waals surface area contributed by atoms with Gasteiger partial charge in [-0.2, -0.15) is 0 Å². The predicted molar refractivity (Wildman–Crippen MR) is 82.0 cm³/mol. The Bertz CT molecular complexity index is 320. The molecule has 0 atom stereocenters. The third-order valence-electron chi connectivity index (χ3n) is 4.96. The van der Waals surface area contributed by atoms with Crippen LogP contribution in [0.2, 0.25) is 0 Å². The molecule has 0 saturated heterocycles. The summed E-state index contributed by atoms with van der Waals surface area (Å²) in [5.41, 5.74) is -0.145. The standard InChI is InChI=1S/C16H28ClNO2/c1-3-20-14-8-13(9-14)10-15(19)18-16(11-17)6-4-12(2)5-7-16/h12-14H,3-11H2,1-2H3,(H,18,19). The second-order valence-corrected chi connectivity index (χ2v) is 7.03. The monoisotopic (exact) mass is 301 g/mol. The van der Waals surface area contributed by atoms with E-state index in [-0.39, 0.29) is 11.4 Å². The molecule has 3 nitrogen and oxygen atoms in total. The molecular formula is C16H28ClNO2. The number of ether oxygens (including phenoxy) is 1. The van der Waals surface area contributed by atoms with Crippen molar-refractivity contribution in [3.05, 3.63) is 0 Å². The number of carbonyl (C=O) groups is 1. The molecule has 0 unspecified atom stereocenters. The molecule has 1 amide bonds. The Balaban J connectivity index is 1.73. The minimum atomic E-state index is -0.145. The van der Waals surface area contributed by atoms with Crippen molar-refractivity contribution in [2.24, 2.45) is 11.8 Å². The van der Waals surface area contributed by atoms with Gasteiger partial charge in [-0.3, -0.25) is 4.79 Å². The van der Waals surface area contributed by atoms with Crippen LogP contribution in [-0.2, 0) is 9.53 Å². The zero-order valence-electron chi connectivity index (χ0n) is 12.8. The Labute approximate surface area is 127 Å². The van der Waals surface area contributed by atoms with Crippen LogP contribution in [0.25, 0.3) is 0 Å². The first-order valence-corrected chi connectivity index (χ1v) is 8.59. The van der Waals surface area contributed by atoms with Crippen molar-refractivity contribution in [3.63, 3.8) is 0 Å². The van der Waals surface area contributed by atoms with Crippen LogP contribution >= 0.6 is 11.6 Å². The summed E-state index contributed by atoms with van der Waals surface area (Å²) >= 11 is 6.14. The Morgan fingerprint density at radius 2 is 2.00 bits per heavy atom. The van der Waals surface area contributed by atoms with E-state index < -0.39 is 0 Å². The van der Waals surface area contributed by atoms with Gasteiger partial charge < -0.3 is 10.1 Å². The fraction of sp³-hybridized carbons (Fsp3) is 0.938. The van der Waals surface area contributed by atoms with Crippen LogP contribution in [0.1, 0.15) is 58.8 Å². The summed E-state index contributed by atoms with van der Waals surface area (Å²) in [7, 11) is 0. The van der Waals surface area contributed by atoms with E-state index in [4.69, 9.17) is 16.3 Å². The molecule has 0 aromatic carbocycles. The zero-order chi connectivity index (χ0) is 14.6. The van der Waals surface area contributed by atoms with E-state index in [1.54, 1.807) is 0 Å². The molecule has 0 aromatic rings. The molecule has 2 rings (SSSR count). The van der Waals surface area contributed by atoms with Crippen molar-refractivity contribution in [2.75, 3.05) is 12.5 Å². The van der Waals surface area contributed by atoms with Crippen LogP contribution in [0, 0.1) is 11.8 Å².